The van der Waals surface area contributed by atoms with E-state index in [1.165, 1.54) is 13.8 Å². The van der Waals surface area contributed by atoms with E-state index >= 15 is 0 Å². The molecule has 3 rings (SSSR count). The molecule has 3 aromatic rings. The number of carboxylic acid groups (broad SMARTS) is 1. The summed E-state index contributed by atoms with van der Waals surface area (Å²) in [6.45, 7) is 3.03. The fraction of sp³-hybridized carbons (Fsp3) is 0.176. The number of imidazole rings is 1. The van der Waals surface area contributed by atoms with Crippen LogP contribution in [-0.2, 0) is 4.79 Å². The Morgan fingerprint density at radius 3 is 2.59 bits per heavy atom. The van der Waals surface area contributed by atoms with Crippen molar-refractivity contribution in [1.82, 2.24) is 9.97 Å². The fourth-order valence-corrected chi connectivity index (χ4v) is 2.12. The lowest BCUT2D eigenvalue weighted by atomic mass is 10.1. The maximum absolute atomic E-state index is 11.1. The van der Waals surface area contributed by atoms with Gasteiger partial charge in [0, 0.05) is 11.6 Å². The van der Waals surface area contributed by atoms with Crippen LogP contribution in [0.3, 0.4) is 0 Å². The summed E-state index contributed by atoms with van der Waals surface area (Å²) >= 11 is 0. The van der Waals surface area contributed by atoms with Gasteiger partial charge in [0.2, 0.25) is 0 Å². The lowest BCUT2D eigenvalue weighted by Crippen LogP contribution is -2.37. The molecule has 0 unspecified atom stereocenters. The number of hydrogen-bond donors (Lipinski definition) is 2. The van der Waals surface area contributed by atoms with Crippen LogP contribution in [0.25, 0.3) is 22.4 Å². The van der Waals surface area contributed by atoms with Crippen molar-refractivity contribution >= 4 is 17.0 Å². The molecular weight excluding hydrogens is 280 g/mol. The molecule has 22 heavy (non-hydrogen) atoms. The second-order valence-electron chi connectivity index (χ2n) is 5.55. The average molecular weight is 296 g/mol. The van der Waals surface area contributed by atoms with E-state index in [1.54, 1.807) is 12.1 Å². The number of ether oxygens (including phenoxy) is 1. The lowest BCUT2D eigenvalue weighted by molar-refractivity contribution is -0.152. The van der Waals surface area contributed by atoms with Crippen LogP contribution < -0.4 is 4.74 Å². The molecule has 112 valence electrons. The van der Waals surface area contributed by atoms with E-state index < -0.39 is 11.6 Å². The highest BCUT2D eigenvalue weighted by molar-refractivity contribution is 5.81. The first kappa shape index (κ1) is 14.1. The number of nitrogens with zero attached hydrogens (tertiary/aromatic N) is 1. The summed E-state index contributed by atoms with van der Waals surface area (Å²) < 4.78 is 5.54. The molecule has 0 aliphatic rings. The molecule has 1 heterocycles. The standard InChI is InChI=1S/C17H16N2O3/c1-17(2,16(20)21)22-12-8-9-13-14(10-12)19-15(18-13)11-6-4-3-5-7-11/h3-10H,1-2H3,(H,18,19)(H,20,21). The van der Waals surface area contributed by atoms with Crippen LogP contribution >= 0.6 is 0 Å². The second-order valence-corrected chi connectivity index (χ2v) is 5.55. The van der Waals surface area contributed by atoms with Crippen molar-refractivity contribution in [3.05, 3.63) is 48.5 Å². The Hall–Kier alpha value is -2.82. The van der Waals surface area contributed by atoms with Crippen LogP contribution in [0.4, 0.5) is 0 Å². The van der Waals surface area contributed by atoms with E-state index in [9.17, 15) is 4.79 Å². The van der Waals surface area contributed by atoms with Gasteiger partial charge in [-0.1, -0.05) is 30.3 Å². The Morgan fingerprint density at radius 1 is 1.18 bits per heavy atom. The summed E-state index contributed by atoms with van der Waals surface area (Å²) in [5.41, 5.74) is 1.32. The summed E-state index contributed by atoms with van der Waals surface area (Å²) in [6, 6.07) is 15.1. The van der Waals surface area contributed by atoms with Crippen LogP contribution in [-0.4, -0.2) is 26.6 Å². The van der Waals surface area contributed by atoms with Crippen molar-refractivity contribution < 1.29 is 14.6 Å². The number of rotatable bonds is 4. The Balaban J connectivity index is 1.96. The molecule has 0 saturated carbocycles. The topological polar surface area (TPSA) is 75.2 Å². The largest absolute Gasteiger partial charge is 0.478 e. The first-order valence-corrected chi connectivity index (χ1v) is 6.93. The Kier molecular flexibility index (Phi) is 3.33. The number of fused-ring (bicyclic) bond motifs is 1. The van der Waals surface area contributed by atoms with E-state index in [0.717, 1.165) is 22.4 Å². The highest BCUT2D eigenvalue weighted by atomic mass is 16.5. The maximum atomic E-state index is 11.1. The molecule has 5 nitrogen and oxygen atoms in total. The van der Waals surface area contributed by atoms with Crippen molar-refractivity contribution in [2.24, 2.45) is 0 Å². The first-order valence-electron chi connectivity index (χ1n) is 6.93. The Morgan fingerprint density at radius 2 is 1.91 bits per heavy atom. The molecule has 0 amide bonds. The van der Waals surface area contributed by atoms with E-state index in [2.05, 4.69) is 9.97 Å². The van der Waals surface area contributed by atoms with Gasteiger partial charge in [-0.25, -0.2) is 9.78 Å². The number of H-pyrrole nitrogens is 1. The van der Waals surface area contributed by atoms with Gasteiger partial charge >= 0.3 is 5.97 Å². The minimum atomic E-state index is -1.28. The molecule has 5 heteroatoms. The van der Waals surface area contributed by atoms with Crippen LogP contribution in [0.1, 0.15) is 13.8 Å². The number of hydrogen-bond acceptors (Lipinski definition) is 3. The van der Waals surface area contributed by atoms with Crippen LogP contribution in [0.2, 0.25) is 0 Å². The van der Waals surface area contributed by atoms with Gasteiger partial charge in [-0.15, -0.1) is 0 Å². The number of aromatic nitrogens is 2. The summed E-state index contributed by atoms with van der Waals surface area (Å²) in [5, 5.41) is 9.12. The predicted octanol–water partition coefficient (Wildman–Crippen LogP) is 3.47. The molecule has 2 N–H and O–H groups in total. The zero-order valence-corrected chi connectivity index (χ0v) is 12.3. The molecule has 0 atom stereocenters. The van der Waals surface area contributed by atoms with Crippen molar-refractivity contribution in [2.45, 2.75) is 19.4 Å². The van der Waals surface area contributed by atoms with Gasteiger partial charge in [-0.3, -0.25) is 0 Å². The molecule has 0 saturated heterocycles. The number of nitrogens with one attached hydrogen (secondary N) is 1. The quantitative estimate of drug-likeness (QED) is 0.773. The zero-order chi connectivity index (χ0) is 15.7. The highest BCUT2D eigenvalue weighted by Gasteiger charge is 2.29. The number of carboxylic acids is 1. The summed E-state index contributed by atoms with van der Waals surface area (Å²) in [4.78, 5) is 18.9. The third-order valence-corrected chi connectivity index (χ3v) is 3.39. The number of carbonyl (C=O) groups is 1. The number of aromatic amines is 1. The summed E-state index contributed by atoms with van der Waals surface area (Å²) in [6.07, 6.45) is 0. The molecule has 0 spiro atoms. The number of benzene rings is 2. The zero-order valence-electron chi connectivity index (χ0n) is 12.3. The molecule has 0 aliphatic carbocycles. The minimum Gasteiger partial charge on any atom is -0.478 e. The summed E-state index contributed by atoms with van der Waals surface area (Å²) in [5.74, 6) is 0.246. The molecule has 0 aliphatic heterocycles. The van der Waals surface area contributed by atoms with Gasteiger partial charge in [-0.05, 0) is 26.0 Å². The first-order chi connectivity index (χ1) is 10.5. The SMILES string of the molecule is CC(C)(Oc1ccc2nc(-c3ccccc3)[nH]c2c1)C(=O)O. The predicted molar refractivity (Wildman–Crippen MR) is 83.9 cm³/mol. The van der Waals surface area contributed by atoms with Crippen LogP contribution in [0.5, 0.6) is 5.75 Å². The van der Waals surface area contributed by atoms with E-state index in [-0.39, 0.29) is 0 Å². The second kappa shape index (κ2) is 5.18. The van der Waals surface area contributed by atoms with E-state index in [4.69, 9.17) is 9.84 Å². The fourth-order valence-electron chi connectivity index (χ4n) is 2.12. The Labute approximate surface area is 127 Å². The van der Waals surface area contributed by atoms with E-state index in [1.807, 2.05) is 36.4 Å². The molecule has 0 fully saturated rings. The monoisotopic (exact) mass is 296 g/mol. The summed E-state index contributed by atoms with van der Waals surface area (Å²) in [7, 11) is 0. The van der Waals surface area contributed by atoms with Gasteiger partial charge in [0.05, 0.1) is 11.0 Å². The van der Waals surface area contributed by atoms with Crippen molar-refractivity contribution in [2.75, 3.05) is 0 Å². The molecule has 1 aromatic heterocycles. The third-order valence-electron chi connectivity index (χ3n) is 3.39. The van der Waals surface area contributed by atoms with Gasteiger partial charge < -0.3 is 14.8 Å². The smallest absolute Gasteiger partial charge is 0.347 e. The normalized spacial score (nSPS) is 11.5. The van der Waals surface area contributed by atoms with Gasteiger partial charge in [-0.2, -0.15) is 0 Å². The van der Waals surface area contributed by atoms with Crippen LogP contribution in [0, 0.1) is 0 Å². The minimum absolute atomic E-state index is 0.489. The third kappa shape index (κ3) is 2.65. The molecule has 0 radical (unpaired) electrons. The van der Waals surface area contributed by atoms with E-state index in [0.29, 0.717) is 5.75 Å². The maximum Gasteiger partial charge on any atom is 0.347 e. The Bertz CT molecular complexity index is 822. The molecule has 2 aromatic carbocycles. The number of aliphatic carboxylic acids is 1. The molecular formula is C17H16N2O3. The van der Waals surface area contributed by atoms with Crippen molar-refractivity contribution in [3.63, 3.8) is 0 Å². The van der Waals surface area contributed by atoms with Crippen molar-refractivity contribution in [3.8, 4) is 17.1 Å². The van der Waals surface area contributed by atoms with Crippen molar-refractivity contribution in [1.29, 1.82) is 0 Å². The van der Waals surface area contributed by atoms with Gasteiger partial charge in [0.15, 0.2) is 5.60 Å². The molecule has 0 bridgehead atoms. The van der Waals surface area contributed by atoms with Gasteiger partial charge in [0.1, 0.15) is 11.6 Å². The highest BCUT2D eigenvalue weighted by Crippen LogP contribution is 2.26. The average Bonchev–Trinajstić information content (AvgIpc) is 2.91. The van der Waals surface area contributed by atoms with Crippen LogP contribution in [0.15, 0.2) is 48.5 Å². The van der Waals surface area contributed by atoms with Gasteiger partial charge in [0.25, 0.3) is 0 Å². The lowest BCUT2D eigenvalue weighted by Gasteiger charge is -2.21.